The van der Waals surface area contributed by atoms with E-state index >= 15 is 0 Å². The first-order valence-corrected chi connectivity index (χ1v) is 6.62. The summed E-state index contributed by atoms with van der Waals surface area (Å²) in [5.41, 5.74) is 3.08. The zero-order chi connectivity index (χ0) is 13.8. The SMILES string of the molecule is OCc1cccc(NCc2cncc3ccccc23)c1. The molecule has 2 N–H and O–H groups in total. The molecule has 0 fully saturated rings. The Morgan fingerprint density at radius 2 is 1.90 bits per heavy atom. The zero-order valence-electron chi connectivity index (χ0n) is 11.1. The Balaban J connectivity index is 1.83. The van der Waals surface area contributed by atoms with Crippen LogP contribution in [0.1, 0.15) is 11.1 Å². The fourth-order valence-electron chi connectivity index (χ4n) is 2.30. The summed E-state index contributed by atoms with van der Waals surface area (Å²) in [7, 11) is 0. The largest absolute Gasteiger partial charge is 0.392 e. The molecule has 0 radical (unpaired) electrons. The fraction of sp³-hybridized carbons (Fsp3) is 0.118. The van der Waals surface area contributed by atoms with Crippen LogP contribution in [-0.2, 0) is 13.2 Å². The average molecular weight is 264 g/mol. The topological polar surface area (TPSA) is 45.1 Å². The fourth-order valence-corrected chi connectivity index (χ4v) is 2.30. The van der Waals surface area contributed by atoms with E-state index in [2.05, 4.69) is 22.4 Å². The van der Waals surface area contributed by atoms with Gasteiger partial charge in [0.05, 0.1) is 6.61 Å². The number of hydrogen-bond donors (Lipinski definition) is 2. The molecule has 3 rings (SSSR count). The van der Waals surface area contributed by atoms with Gasteiger partial charge in [0.15, 0.2) is 0 Å². The average Bonchev–Trinajstić information content (AvgIpc) is 2.53. The van der Waals surface area contributed by atoms with Crippen LogP contribution in [0.25, 0.3) is 10.8 Å². The standard InChI is InChI=1S/C17H16N2O/c20-12-13-4-3-6-16(8-13)19-11-15-10-18-9-14-5-1-2-7-17(14)15/h1-10,19-20H,11-12H2. The summed E-state index contributed by atoms with van der Waals surface area (Å²) in [4.78, 5) is 4.28. The van der Waals surface area contributed by atoms with E-state index < -0.39 is 0 Å². The molecule has 2 aromatic carbocycles. The van der Waals surface area contributed by atoms with Gasteiger partial charge in [-0.2, -0.15) is 0 Å². The Hall–Kier alpha value is -2.39. The quantitative estimate of drug-likeness (QED) is 0.759. The summed E-state index contributed by atoms with van der Waals surface area (Å²) in [5, 5.41) is 14.9. The molecular weight excluding hydrogens is 248 g/mol. The Labute approximate surface area is 117 Å². The van der Waals surface area contributed by atoms with Crippen molar-refractivity contribution in [2.45, 2.75) is 13.2 Å². The summed E-state index contributed by atoms with van der Waals surface area (Å²) in [6, 6.07) is 16.0. The number of pyridine rings is 1. The van der Waals surface area contributed by atoms with Crippen molar-refractivity contribution in [1.29, 1.82) is 0 Å². The maximum absolute atomic E-state index is 9.15. The number of aliphatic hydroxyl groups is 1. The van der Waals surface area contributed by atoms with Crippen LogP contribution in [0, 0.1) is 0 Å². The lowest BCUT2D eigenvalue weighted by atomic mass is 10.1. The van der Waals surface area contributed by atoms with Crippen molar-refractivity contribution < 1.29 is 5.11 Å². The molecule has 0 aliphatic rings. The lowest BCUT2D eigenvalue weighted by Crippen LogP contribution is -2.01. The van der Waals surface area contributed by atoms with Gasteiger partial charge in [0.2, 0.25) is 0 Å². The van der Waals surface area contributed by atoms with Gasteiger partial charge in [0.25, 0.3) is 0 Å². The third-order valence-corrected chi connectivity index (χ3v) is 3.34. The Morgan fingerprint density at radius 3 is 2.80 bits per heavy atom. The number of hydrogen-bond acceptors (Lipinski definition) is 3. The van der Waals surface area contributed by atoms with E-state index in [0.717, 1.165) is 22.2 Å². The minimum atomic E-state index is 0.0609. The van der Waals surface area contributed by atoms with E-state index in [0.29, 0.717) is 6.54 Å². The van der Waals surface area contributed by atoms with Crippen LogP contribution in [0.4, 0.5) is 5.69 Å². The second kappa shape index (κ2) is 5.72. The van der Waals surface area contributed by atoms with Crippen molar-refractivity contribution in [3.05, 3.63) is 72.1 Å². The van der Waals surface area contributed by atoms with Crippen LogP contribution in [-0.4, -0.2) is 10.1 Å². The number of nitrogens with zero attached hydrogens (tertiary/aromatic N) is 1. The van der Waals surface area contributed by atoms with Crippen molar-refractivity contribution in [1.82, 2.24) is 4.98 Å². The third-order valence-electron chi connectivity index (χ3n) is 3.34. The van der Waals surface area contributed by atoms with Crippen molar-refractivity contribution >= 4 is 16.5 Å². The van der Waals surface area contributed by atoms with E-state index in [4.69, 9.17) is 5.11 Å². The minimum Gasteiger partial charge on any atom is -0.392 e. The van der Waals surface area contributed by atoms with Crippen LogP contribution < -0.4 is 5.32 Å². The number of aromatic nitrogens is 1. The van der Waals surface area contributed by atoms with Crippen LogP contribution in [0.15, 0.2) is 60.9 Å². The van der Waals surface area contributed by atoms with Crippen LogP contribution in [0.2, 0.25) is 0 Å². The smallest absolute Gasteiger partial charge is 0.0682 e. The molecule has 1 aromatic heterocycles. The van der Waals surface area contributed by atoms with E-state index in [1.54, 1.807) is 0 Å². The summed E-state index contributed by atoms with van der Waals surface area (Å²) < 4.78 is 0. The second-order valence-corrected chi connectivity index (χ2v) is 4.73. The maximum atomic E-state index is 9.15. The van der Waals surface area contributed by atoms with Gasteiger partial charge in [-0.25, -0.2) is 0 Å². The lowest BCUT2D eigenvalue weighted by Gasteiger charge is -2.09. The molecule has 0 saturated carbocycles. The highest BCUT2D eigenvalue weighted by atomic mass is 16.3. The maximum Gasteiger partial charge on any atom is 0.0682 e. The van der Waals surface area contributed by atoms with Gasteiger partial charge in [0, 0.05) is 30.0 Å². The summed E-state index contributed by atoms with van der Waals surface area (Å²) in [5.74, 6) is 0. The molecular formula is C17H16N2O. The van der Waals surface area contributed by atoms with E-state index in [9.17, 15) is 0 Å². The van der Waals surface area contributed by atoms with Crippen LogP contribution >= 0.6 is 0 Å². The lowest BCUT2D eigenvalue weighted by molar-refractivity contribution is 0.282. The number of rotatable bonds is 4. The monoisotopic (exact) mass is 264 g/mol. The number of anilines is 1. The Morgan fingerprint density at radius 1 is 1.00 bits per heavy atom. The summed E-state index contributed by atoms with van der Waals surface area (Å²) in [6.45, 7) is 0.772. The van der Waals surface area contributed by atoms with Gasteiger partial charge >= 0.3 is 0 Å². The molecule has 0 aliphatic carbocycles. The van der Waals surface area contributed by atoms with Crippen molar-refractivity contribution in [2.24, 2.45) is 0 Å². The molecule has 20 heavy (non-hydrogen) atoms. The predicted molar refractivity (Wildman–Crippen MR) is 81.4 cm³/mol. The number of fused-ring (bicyclic) bond motifs is 1. The van der Waals surface area contributed by atoms with Crippen molar-refractivity contribution in [3.63, 3.8) is 0 Å². The van der Waals surface area contributed by atoms with Gasteiger partial charge in [-0.3, -0.25) is 4.98 Å². The molecule has 0 atom stereocenters. The normalized spacial score (nSPS) is 10.7. The minimum absolute atomic E-state index is 0.0609. The molecule has 0 amide bonds. The summed E-state index contributed by atoms with van der Waals surface area (Å²) >= 11 is 0. The van der Waals surface area contributed by atoms with Gasteiger partial charge in [-0.05, 0) is 28.6 Å². The Kier molecular flexibility index (Phi) is 3.61. The number of nitrogens with one attached hydrogen (secondary N) is 1. The van der Waals surface area contributed by atoms with E-state index in [1.807, 2.05) is 48.8 Å². The van der Waals surface area contributed by atoms with Crippen LogP contribution in [0.3, 0.4) is 0 Å². The van der Waals surface area contributed by atoms with Gasteiger partial charge in [-0.15, -0.1) is 0 Å². The molecule has 0 spiro atoms. The first-order chi connectivity index (χ1) is 9.86. The molecule has 3 aromatic rings. The molecule has 0 aliphatic heterocycles. The highest BCUT2D eigenvalue weighted by molar-refractivity contribution is 5.84. The third kappa shape index (κ3) is 2.63. The molecule has 1 heterocycles. The molecule has 0 bridgehead atoms. The van der Waals surface area contributed by atoms with E-state index in [-0.39, 0.29) is 6.61 Å². The van der Waals surface area contributed by atoms with Crippen LogP contribution in [0.5, 0.6) is 0 Å². The first-order valence-electron chi connectivity index (χ1n) is 6.62. The second-order valence-electron chi connectivity index (χ2n) is 4.73. The predicted octanol–water partition coefficient (Wildman–Crippen LogP) is 3.34. The van der Waals surface area contributed by atoms with Crippen molar-refractivity contribution in [2.75, 3.05) is 5.32 Å². The summed E-state index contributed by atoms with van der Waals surface area (Å²) in [6.07, 6.45) is 3.77. The molecule has 0 saturated heterocycles. The zero-order valence-corrected chi connectivity index (χ0v) is 11.1. The Bertz CT molecular complexity index is 720. The molecule has 0 unspecified atom stereocenters. The first kappa shape index (κ1) is 12.6. The van der Waals surface area contributed by atoms with Crippen molar-refractivity contribution in [3.8, 4) is 0 Å². The van der Waals surface area contributed by atoms with Gasteiger partial charge in [0.1, 0.15) is 0 Å². The molecule has 100 valence electrons. The number of benzene rings is 2. The highest BCUT2D eigenvalue weighted by Crippen LogP contribution is 2.19. The van der Waals surface area contributed by atoms with Gasteiger partial charge < -0.3 is 10.4 Å². The molecule has 3 nitrogen and oxygen atoms in total. The highest BCUT2D eigenvalue weighted by Gasteiger charge is 2.01. The number of aliphatic hydroxyl groups excluding tert-OH is 1. The van der Waals surface area contributed by atoms with E-state index in [1.165, 1.54) is 5.39 Å². The van der Waals surface area contributed by atoms with Gasteiger partial charge in [-0.1, -0.05) is 36.4 Å². The molecule has 3 heteroatoms.